The summed E-state index contributed by atoms with van der Waals surface area (Å²) >= 11 is 0. The molecule has 0 spiro atoms. The molecule has 26 heavy (non-hydrogen) atoms. The molecule has 1 aromatic carbocycles. The number of nitrogens with zero attached hydrogens (tertiary/aromatic N) is 2. The van der Waals surface area contributed by atoms with Gasteiger partial charge in [-0.1, -0.05) is 0 Å². The molecule has 1 saturated carbocycles. The lowest BCUT2D eigenvalue weighted by Crippen LogP contribution is -2.44. The molecule has 1 aliphatic carbocycles. The third-order valence-electron chi connectivity index (χ3n) is 5.26. The lowest BCUT2D eigenvalue weighted by molar-refractivity contribution is -0.123. The zero-order valence-corrected chi connectivity index (χ0v) is 15.4. The minimum absolute atomic E-state index is 0.0932. The number of amides is 1. The van der Waals surface area contributed by atoms with Crippen LogP contribution in [0.5, 0.6) is 5.75 Å². The van der Waals surface area contributed by atoms with Gasteiger partial charge >= 0.3 is 0 Å². The van der Waals surface area contributed by atoms with Gasteiger partial charge in [-0.3, -0.25) is 9.59 Å². The first kappa shape index (κ1) is 18.4. The number of benzene rings is 1. The van der Waals surface area contributed by atoms with Crippen molar-refractivity contribution >= 4 is 16.7 Å². The highest BCUT2D eigenvalue weighted by molar-refractivity contribution is 5.82. The molecule has 0 aliphatic heterocycles. The number of carbonyl (C=O) groups excluding carboxylic acids is 1. The molecule has 0 atom stereocenters. The van der Waals surface area contributed by atoms with E-state index in [-0.39, 0.29) is 29.7 Å². The summed E-state index contributed by atoms with van der Waals surface area (Å²) in [5.41, 5.74) is -0.399. The van der Waals surface area contributed by atoms with E-state index in [0.29, 0.717) is 11.1 Å². The fourth-order valence-electron chi connectivity index (χ4n) is 3.38. The highest BCUT2D eigenvalue weighted by Crippen LogP contribution is 2.30. The van der Waals surface area contributed by atoms with E-state index in [0.717, 1.165) is 31.1 Å². The van der Waals surface area contributed by atoms with E-state index in [9.17, 15) is 9.59 Å². The lowest BCUT2D eigenvalue weighted by Gasteiger charge is -2.36. The second-order valence-electron chi connectivity index (χ2n) is 7.06. The molecule has 3 rings (SSSR count). The first-order valence-corrected chi connectivity index (χ1v) is 8.82. The van der Waals surface area contributed by atoms with Gasteiger partial charge in [-0.25, -0.2) is 4.68 Å². The highest BCUT2D eigenvalue weighted by atomic mass is 16.5. The standard InChI is InChI=1S/C19H25N3O4/c1-19(26-3)8-6-14(7-9-19)21-17(23)12-22-18(24)16-10-15(25-2)5-4-13(16)11-20-22/h4-5,10-11,14H,6-9,12H2,1-3H3,(H,21,23). The third-order valence-corrected chi connectivity index (χ3v) is 5.26. The van der Waals surface area contributed by atoms with Crippen molar-refractivity contribution in [3.63, 3.8) is 0 Å². The average molecular weight is 359 g/mol. The summed E-state index contributed by atoms with van der Waals surface area (Å²) in [5, 5.41) is 8.33. The Labute approximate surface area is 152 Å². The summed E-state index contributed by atoms with van der Waals surface area (Å²) in [6.45, 7) is 2.00. The zero-order chi connectivity index (χ0) is 18.7. The van der Waals surface area contributed by atoms with E-state index in [1.165, 1.54) is 4.68 Å². The van der Waals surface area contributed by atoms with E-state index in [1.54, 1.807) is 38.6 Å². The van der Waals surface area contributed by atoms with Gasteiger partial charge in [0.25, 0.3) is 5.56 Å². The molecule has 0 bridgehead atoms. The lowest BCUT2D eigenvalue weighted by atomic mass is 9.83. The maximum atomic E-state index is 12.6. The molecule has 1 amide bonds. The number of rotatable bonds is 5. The van der Waals surface area contributed by atoms with E-state index in [1.807, 2.05) is 0 Å². The molecule has 2 aromatic rings. The molecular weight excluding hydrogens is 334 g/mol. The van der Waals surface area contributed by atoms with Gasteiger partial charge in [0.1, 0.15) is 12.3 Å². The fraction of sp³-hybridized carbons (Fsp3) is 0.526. The van der Waals surface area contributed by atoms with Crippen molar-refractivity contribution in [1.82, 2.24) is 15.1 Å². The maximum Gasteiger partial charge on any atom is 0.275 e. The number of hydrogen-bond donors (Lipinski definition) is 1. The predicted octanol–water partition coefficient (Wildman–Crippen LogP) is 1.87. The monoisotopic (exact) mass is 359 g/mol. The fourth-order valence-corrected chi connectivity index (χ4v) is 3.38. The van der Waals surface area contributed by atoms with Gasteiger partial charge < -0.3 is 14.8 Å². The molecular formula is C19H25N3O4. The second kappa shape index (κ2) is 7.45. The maximum absolute atomic E-state index is 12.6. The normalized spacial score (nSPS) is 23.0. The van der Waals surface area contributed by atoms with Gasteiger partial charge in [0.15, 0.2) is 0 Å². The summed E-state index contributed by atoms with van der Waals surface area (Å²) in [6, 6.07) is 5.33. The first-order valence-electron chi connectivity index (χ1n) is 8.82. The van der Waals surface area contributed by atoms with Crippen LogP contribution in [0, 0.1) is 0 Å². The first-order chi connectivity index (χ1) is 12.4. The van der Waals surface area contributed by atoms with Crippen LogP contribution in [0.3, 0.4) is 0 Å². The van der Waals surface area contributed by atoms with Gasteiger partial charge in [-0.2, -0.15) is 5.10 Å². The number of fused-ring (bicyclic) bond motifs is 1. The number of carbonyl (C=O) groups is 1. The summed E-state index contributed by atoms with van der Waals surface area (Å²) in [7, 11) is 3.28. The van der Waals surface area contributed by atoms with Crippen molar-refractivity contribution in [3.8, 4) is 5.75 Å². The van der Waals surface area contributed by atoms with Crippen LogP contribution < -0.4 is 15.6 Å². The van der Waals surface area contributed by atoms with Gasteiger partial charge in [-0.15, -0.1) is 0 Å². The van der Waals surface area contributed by atoms with Crippen LogP contribution in [-0.2, 0) is 16.1 Å². The van der Waals surface area contributed by atoms with Crippen molar-refractivity contribution < 1.29 is 14.3 Å². The topological polar surface area (TPSA) is 82.5 Å². The number of ether oxygens (including phenoxy) is 2. The van der Waals surface area contributed by atoms with Crippen molar-refractivity contribution in [3.05, 3.63) is 34.7 Å². The quantitative estimate of drug-likeness (QED) is 0.881. The zero-order valence-electron chi connectivity index (χ0n) is 15.4. The Kier molecular flexibility index (Phi) is 5.27. The number of nitrogens with one attached hydrogen (secondary N) is 1. The van der Waals surface area contributed by atoms with E-state index in [2.05, 4.69) is 17.3 Å². The van der Waals surface area contributed by atoms with E-state index >= 15 is 0 Å². The minimum Gasteiger partial charge on any atom is -0.497 e. The molecule has 1 N–H and O–H groups in total. The van der Waals surface area contributed by atoms with Crippen molar-refractivity contribution in [1.29, 1.82) is 0 Å². The molecule has 0 saturated heterocycles. The molecule has 1 heterocycles. The number of methoxy groups -OCH3 is 2. The van der Waals surface area contributed by atoms with E-state index in [4.69, 9.17) is 9.47 Å². The summed E-state index contributed by atoms with van der Waals surface area (Å²) in [5.74, 6) is 0.396. The van der Waals surface area contributed by atoms with Crippen LogP contribution in [0.1, 0.15) is 32.6 Å². The van der Waals surface area contributed by atoms with Crippen molar-refractivity contribution in [2.75, 3.05) is 14.2 Å². The van der Waals surface area contributed by atoms with Gasteiger partial charge in [0.2, 0.25) is 5.91 Å². The molecule has 1 fully saturated rings. The minimum atomic E-state index is -0.299. The predicted molar refractivity (Wildman–Crippen MR) is 98.4 cm³/mol. The summed E-state index contributed by atoms with van der Waals surface area (Å²) in [4.78, 5) is 25.0. The Balaban J connectivity index is 1.68. The van der Waals surface area contributed by atoms with Crippen LogP contribution in [0.2, 0.25) is 0 Å². The number of hydrogen-bond acceptors (Lipinski definition) is 5. The smallest absolute Gasteiger partial charge is 0.275 e. The number of aromatic nitrogens is 2. The third kappa shape index (κ3) is 3.88. The van der Waals surface area contributed by atoms with Gasteiger partial charge in [-0.05, 0) is 50.8 Å². The average Bonchev–Trinajstić information content (AvgIpc) is 2.66. The Morgan fingerprint density at radius 3 is 2.73 bits per heavy atom. The van der Waals surface area contributed by atoms with Crippen LogP contribution in [0.25, 0.3) is 10.8 Å². The Hall–Kier alpha value is -2.41. The SMILES string of the molecule is COc1ccc2cnn(CC(=O)NC3CCC(C)(OC)CC3)c(=O)c2c1. The molecule has 0 radical (unpaired) electrons. The molecule has 1 aromatic heterocycles. The molecule has 0 unspecified atom stereocenters. The Bertz CT molecular complexity index is 853. The highest BCUT2D eigenvalue weighted by Gasteiger charge is 2.31. The van der Waals surface area contributed by atoms with Crippen LogP contribution >= 0.6 is 0 Å². The summed E-state index contributed by atoms with van der Waals surface area (Å²) < 4.78 is 11.9. The van der Waals surface area contributed by atoms with Gasteiger partial charge in [0.05, 0.1) is 24.3 Å². The van der Waals surface area contributed by atoms with Crippen LogP contribution in [-0.4, -0.2) is 41.6 Å². The second-order valence-corrected chi connectivity index (χ2v) is 7.06. The van der Waals surface area contributed by atoms with Crippen molar-refractivity contribution in [2.45, 2.75) is 50.8 Å². The van der Waals surface area contributed by atoms with E-state index < -0.39 is 0 Å². The van der Waals surface area contributed by atoms with Crippen molar-refractivity contribution in [2.24, 2.45) is 0 Å². The molecule has 140 valence electrons. The molecule has 7 nitrogen and oxygen atoms in total. The van der Waals surface area contributed by atoms with Crippen LogP contribution in [0.4, 0.5) is 0 Å². The Morgan fingerprint density at radius 2 is 2.08 bits per heavy atom. The van der Waals surface area contributed by atoms with Crippen LogP contribution in [0.15, 0.2) is 29.2 Å². The summed E-state index contributed by atoms with van der Waals surface area (Å²) in [6.07, 6.45) is 5.14. The largest absolute Gasteiger partial charge is 0.497 e. The molecule has 1 aliphatic rings. The Morgan fingerprint density at radius 1 is 1.35 bits per heavy atom. The van der Waals surface area contributed by atoms with Gasteiger partial charge in [0, 0.05) is 18.5 Å². The molecule has 7 heteroatoms.